The number of benzene rings is 1. The highest BCUT2D eigenvalue weighted by atomic mass is 32.2. The van der Waals surface area contributed by atoms with Crippen molar-refractivity contribution in [3.8, 4) is 5.69 Å². The van der Waals surface area contributed by atoms with Crippen LogP contribution in [0, 0.1) is 5.82 Å². The molecule has 2 aromatic heterocycles. The van der Waals surface area contributed by atoms with E-state index in [4.69, 9.17) is 9.72 Å². The van der Waals surface area contributed by atoms with Crippen LogP contribution in [0.25, 0.3) is 15.9 Å². The first-order valence-electron chi connectivity index (χ1n) is 10.5. The van der Waals surface area contributed by atoms with Gasteiger partial charge in [0.25, 0.3) is 5.56 Å². The number of halogens is 1. The molecule has 30 heavy (non-hydrogen) atoms. The van der Waals surface area contributed by atoms with Gasteiger partial charge in [0.2, 0.25) is 0 Å². The van der Waals surface area contributed by atoms with Gasteiger partial charge in [-0.05, 0) is 43.4 Å². The SMILES string of the molecule is O=c1c2c3c(sc2nc(SCCN2CCOCC2)n1-c1ccccc1F)CCCC3. The van der Waals surface area contributed by atoms with E-state index in [1.165, 1.54) is 27.3 Å². The Hall–Kier alpha value is -1.74. The Labute approximate surface area is 182 Å². The van der Waals surface area contributed by atoms with Gasteiger partial charge in [-0.25, -0.2) is 9.37 Å². The number of fused-ring (bicyclic) bond motifs is 3. The number of hydrogen-bond acceptors (Lipinski definition) is 6. The smallest absolute Gasteiger partial charge is 0.267 e. The minimum Gasteiger partial charge on any atom is -0.379 e. The Morgan fingerprint density at radius 2 is 1.97 bits per heavy atom. The second-order valence-corrected chi connectivity index (χ2v) is 9.83. The lowest BCUT2D eigenvalue weighted by atomic mass is 9.97. The van der Waals surface area contributed by atoms with Crippen molar-refractivity contribution < 1.29 is 9.13 Å². The zero-order valence-electron chi connectivity index (χ0n) is 16.7. The maximum absolute atomic E-state index is 14.7. The molecule has 1 aromatic carbocycles. The molecule has 0 amide bonds. The summed E-state index contributed by atoms with van der Waals surface area (Å²) in [4.78, 5) is 22.9. The van der Waals surface area contributed by atoms with Crippen LogP contribution in [0.5, 0.6) is 0 Å². The molecule has 0 saturated carbocycles. The van der Waals surface area contributed by atoms with Gasteiger partial charge in [-0.3, -0.25) is 14.3 Å². The van der Waals surface area contributed by atoms with Gasteiger partial charge >= 0.3 is 0 Å². The van der Waals surface area contributed by atoms with Crippen molar-refractivity contribution in [2.75, 3.05) is 38.6 Å². The van der Waals surface area contributed by atoms with E-state index in [0.29, 0.717) is 10.5 Å². The highest BCUT2D eigenvalue weighted by Gasteiger charge is 2.24. The molecule has 0 spiro atoms. The van der Waals surface area contributed by atoms with Crippen LogP contribution < -0.4 is 5.56 Å². The number of aryl methyl sites for hydroxylation is 2. The molecule has 3 aromatic rings. The summed E-state index contributed by atoms with van der Waals surface area (Å²) in [6, 6.07) is 6.47. The first-order chi connectivity index (χ1) is 14.7. The molecule has 0 radical (unpaired) electrons. The molecule has 0 unspecified atom stereocenters. The van der Waals surface area contributed by atoms with Gasteiger partial charge < -0.3 is 4.74 Å². The number of nitrogens with zero attached hydrogens (tertiary/aromatic N) is 3. The molecule has 3 heterocycles. The van der Waals surface area contributed by atoms with E-state index in [1.807, 2.05) is 0 Å². The maximum atomic E-state index is 14.7. The summed E-state index contributed by atoms with van der Waals surface area (Å²) >= 11 is 3.17. The molecule has 1 saturated heterocycles. The number of ether oxygens (including phenoxy) is 1. The lowest BCUT2D eigenvalue weighted by Crippen LogP contribution is -2.37. The molecular formula is C22H24FN3O2S2. The van der Waals surface area contributed by atoms with Crippen LogP contribution in [0.15, 0.2) is 34.2 Å². The predicted molar refractivity (Wildman–Crippen MR) is 120 cm³/mol. The van der Waals surface area contributed by atoms with E-state index >= 15 is 0 Å². The summed E-state index contributed by atoms with van der Waals surface area (Å²) in [5.41, 5.74) is 1.27. The molecule has 1 aliphatic heterocycles. The van der Waals surface area contributed by atoms with Gasteiger partial charge in [-0.2, -0.15) is 0 Å². The number of hydrogen-bond donors (Lipinski definition) is 0. The summed E-state index contributed by atoms with van der Waals surface area (Å²) in [5, 5.41) is 1.26. The third-order valence-corrected chi connectivity index (χ3v) is 7.90. The second-order valence-electron chi connectivity index (χ2n) is 7.68. The van der Waals surface area contributed by atoms with Crippen molar-refractivity contribution >= 4 is 33.3 Å². The molecule has 0 bridgehead atoms. The summed E-state index contributed by atoms with van der Waals surface area (Å²) in [5.74, 6) is 0.386. The molecule has 0 atom stereocenters. The quantitative estimate of drug-likeness (QED) is 0.441. The van der Waals surface area contributed by atoms with E-state index < -0.39 is 5.82 Å². The molecule has 5 rings (SSSR count). The number of rotatable bonds is 5. The Morgan fingerprint density at radius 3 is 2.80 bits per heavy atom. The number of morpholine rings is 1. The Morgan fingerprint density at radius 1 is 1.17 bits per heavy atom. The summed E-state index contributed by atoms with van der Waals surface area (Å²) < 4.78 is 21.6. The molecule has 8 heteroatoms. The number of thiophene rings is 1. The normalized spacial score (nSPS) is 17.4. The van der Waals surface area contributed by atoms with E-state index in [1.54, 1.807) is 29.5 Å². The van der Waals surface area contributed by atoms with Gasteiger partial charge in [0.1, 0.15) is 10.6 Å². The maximum Gasteiger partial charge on any atom is 0.267 e. The van der Waals surface area contributed by atoms with E-state index in [-0.39, 0.29) is 11.2 Å². The van der Waals surface area contributed by atoms with Crippen LogP contribution >= 0.6 is 23.1 Å². The third-order valence-electron chi connectivity index (χ3n) is 5.79. The fourth-order valence-corrected chi connectivity index (χ4v) is 6.53. The molecular weight excluding hydrogens is 421 g/mol. The molecule has 2 aliphatic rings. The fraction of sp³-hybridized carbons (Fsp3) is 0.455. The van der Waals surface area contributed by atoms with Crippen molar-refractivity contribution in [2.24, 2.45) is 0 Å². The van der Waals surface area contributed by atoms with Crippen molar-refractivity contribution in [1.29, 1.82) is 0 Å². The van der Waals surface area contributed by atoms with Crippen LogP contribution in [0.3, 0.4) is 0 Å². The lowest BCUT2D eigenvalue weighted by molar-refractivity contribution is 0.0410. The topological polar surface area (TPSA) is 47.4 Å². The summed E-state index contributed by atoms with van der Waals surface area (Å²) in [7, 11) is 0. The van der Waals surface area contributed by atoms with Crippen molar-refractivity contribution in [3.63, 3.8) is 0 Å². The molecule has 0 N–H and O–H groups in total. The minimum absolute atomic E-state index is 0.140. The van der Waals surface area contributed by atoms with Crippen LogP contribution in [0.1, 0.15) is 23.3 Å². The zero-order chi connectivity index (χ0) is 20.5. The van der Waals surface area contributed by atoms with Gasteiger partial charge in [-0.1, -0.05) is 23.9 Å². The number of aromatic nitrogens is 2. The Bertz CT molecular complexity index is 1120. The highest BCUT2D eigenvalue weighted by molar-refractivity contribution is 7.99. The largest absolute Gasteiger partial charge is 0.379 e. The Kier molecular flexibility index (Phi) is 5.91. The molecule has 158 valence electrons. The van der Waals surface area contributed by atoms with Gasteiger partial charge in [-0.15, -0.1) is 11.3 Å². The van der Waals surface area contributed by atoms with Gasteiger partial charge in [0, 0.05) is 30.3 Å². The first-order valence-corrected chi connectivity index (χ1v) is 12.3. The lowest BCUT2D eigenvalue weighted by Gasteiger charge is -2.26. The van der Waals surface area contributed by atoms with Crippen LogP contribution in [-0.2, 0) is 17.6 Å². The van der Waals surface area contributed by atoms with E-state index in [9.17, 15) is 9.18 Å². The summed E-state index contributed by atoms with van der Waals surface area (Å²) in [6.07, 6.45) is 4.17. The standard InChI is InChI=1S/C22H24FN3O2S2/c23-16-6-2-3-7-17(16)26-21(27)19-15-5-1-4-8-18(15)30-20(19)24-22(26)29-14-11-25-9-12-28-13-10-25/h2-3,6-7H,1,4-5,8-14H2. The van der Waals surface area contributed by atoms with E-state index in [2.05, 4.69) is 4.90 Å². The van der Waals surface area contributed by atoms with Crippen molar-refractivity contribution in [2.45, 2.75) is 30.8 Å². The first kappa shape index (κ1) is 20.2. The van der Waals surface area contributed by atoms with Crippen LogP contribution in [-0.4, -0.2) is 53.1 Å². The molecule has 1 aliphatic carbocycles. The van der Waals surface area contributed by atoms with E-state index in [0.717, 1.165) is 74.7 Å². The molecule has 1 fully saturated rings. The minimum atomic E-state index is -0.403. The van der Waals surface area contributed by atoms with Gasteiger partial charge in [0.05, 0.1) is 24.3 Å². The average Bonchev–Trinajstić information content (AvgIpc) is 3.14. The van der Waals surface area contributed by atoms with Gasteiger partial charge in [0.15, 0.2) is 5.16 Å². The third kappa shape index (κ3) is 3.82. The number of thioether (sulfide) groups is 1. The Balaban J connectivity index is 1.56. The van der Waals surface area contributed by atoms with Crippen molar-refractivity contribution in [1.82, 2.24) is 14.5 Å². The second kappa shape index (κ2) is 8.78. The average molecular weight is 446 g/mol. The highest BCUT2D eigenvalue weighted by Crippen LogP contribution is 2.35. The fourth-order valence-electron chi connectivity index (χ4n) is 4.22. The summed E-state index contributed by atoms with van der Waals surface area (Å²) in [6.45, 7) is 4.25. The zero-order valence-corrected chi connectivity index (χ0v) is 18.4. The van der Waals surface area contributed by atoms with Crippen LogP contribution in [0.2, 0.25) is 0 Å². The molecule has 5 nitrogen and oxygen atoms in total. The monoisotopic (exact) mass is 445 g/mol. The number of para-hydroxylation sites is 1. The van der Waals surface area contributed by atoms with Crippen molar-refractivity contribution in [3.05, 3.63) is 50.9 Å². The van der Waals surface area contributed by atoms with Crippen LogP contribution in [0.4, 0.5) is 4.39 Å². The predicted octanol–water partition coefficient (Wildman–Crippen LogP) is 3.89.